The molecule has 100 valence electrons. The van der Waals surface area contributed by atoms with Gasteiger partial charge in [-0.2, -0.15) is 0 Å². The van der Waals surface area contributed by atoms with E-state index >= 15 is 0 Å². The van der Waals surface area contributed by atoms with E-state index in [9.17, 15) is 0 Å². The second kappa shape index (κ2) is 5.41. The Bertz CT molecular complexity index is 393. The SMILES string of the molecule is C=CC(O[Si](C)(C)C)c1ccc(C(C)(C)C)cc1. The zero-order valence-electron chi connectivity index (χ0n) is 12.6. The van der Waals surface area contributed by atoms with Crippen LogP contribution in [-0.4, -0.2) is 8.32 Å². The largest absolute Gasteiger partial charge is 0.407 e. The van der Waals surface area contributed by atoms with E-state index in [1.54, 1.807) is 0 Å². The highest BCUT2D eigenvalue weighted by Crippen LogP contribution is 2.27. The standard InChI is InChI=1S/C16H26OSi/c1-8-15(17-18(5,6)7)13-9-11-14(12-10-13)16(2,3)4/h8-12,15H,1H2,2-7H3. The van der Waals surface area contributed by atoms with Crippen molar-refractivity contribution in [3.05, 3.63) is 48.0 Å². The first-order valence-electron chi connectivity index (χ1n) is 6.54. The first-order chi connectivity index (χ1) is 8.13. The Morgan fingerprint density at radius 1 is 1.11 bits per heavy atom. The lowest BCUT2D eigenvalue weighted by Crippen LogP contribution is -2.27. The highest BCUT2D eigenvalue weighted by Gasteiger charge is 2.21. The Hall–Kier alpha value is -0.863. The van der Waals surface area contributed by atoms with Crippen molar-refractivity contribution in [2.75, 3.05) is 0 Å². The monoisotopic (exact) mass is 262 g/mol. The van der Waals surface area contributed by atoms with E-state index < -0.39 is 8.32 Å². The summed E-state index contributed by atoms with van der Waals surface area (Å²) in [5, 5.41) is 0. The van der Waals surface area contributed by atoms with Crippen LogP contribution in [0, 0.1) is 0 Å². The van der Waals surface area contributed by atoms with Crippen LogP contribution in [0.5, 0.6) is 0 Å². The molecule has 1 rings (SSSR count). The van der Waals surface area contributed by atoms with Crippen LogP contribution >= 0.6 is 0 Å². The lowest BCUT2D eigenvalue weighted by Gasteiger charge is -2.25. The predicted molar refractivity (Wildman–Crippen MR) is 82.5 cm³/mol. The normalized spacial score (nSPS) is 14.3. The van der Waals surface area contributed by atoms with E-state index in [2.05, 4.69) is 71.3 Å². The molecule has 1 aromatic rings. The summed E-state index contributed by atoms with van der Waals surface area (Å²) in [5.74, 6) is 0. The summed E-state index contributed by atoms with van der Waals surface area (Å²) in [6.45, 7) is 17.2. The van der Waals surface area contributed by atoms with Crippen molar-refractivity contribution < 1.29 is 4.43 Å². The van der Waals surface area contributed by atoms with E-state index in [4.69, 9.17) is 4.43 Å². The van der Waals surface area contributed by atoms with Gasteiger partial charge in [-0.1, -0.05) is 51.1 Å². The summed E-state index contributed by atoms with van der Waals surface area (Å²) in [6.07, 6.45) is 1.91. The van der Waals surface area contributed by atoms with E-state index in [1.165, 1.54) is 11.1 Å². The fourth-order valence-electron chi connectivity index (χ4n) is 1.81. The Labute approximate surface area is 113 Å². The topological polar surface area (TPSA) is 9.23 Å². The maximum absolute atomic E-state index is 6.12. The fourth-order valence-corrected chi connectivity index (χ4v) is 2.80. The molecule has 1 nitrogen and oxygen atoms in total. The third kappa shape index (κ3) is 4.43. The van der Waals surface area contributed by atoms with Gasteiger partial charge in [-0.15, -0.1) is 6.58 Å². The minimum atomic E-state index is -1.55. The molecule has 0 radical (unpaired) electrons. The van der Waals surface area contributed by atoms with Crippen molar-refractivity contribution in [1.29, 1.82) is 0 Å². The Kier molecular flexibility index (Phi) is 4.57. The van der Waals surface area contributed by atoms with Crippen molar-refractivity contribution in [2.45, 2.75) is 51.9 Å². The zero-order valence-corrected chi connectivity index (χ0v) is 13.6. The molecule has 0 saturated carbocycles. The number of hydrogen-bond donors (Lipinski definition) is 0. The van der Waals surface area contributed by atoms with Gasteiger partial charge in [0.15, 0.2) is 8.32 Å². The van der Waals surface area contributed by atoms with Crippen LogP contribution in [0.15, 0.2) is 36.9 Å². The average Bonchev–Trinajstić information content (AvgIpc) is 2.24. The smallest absolute Gasteiger partial charge is 0.185 e. The summed E-state index contributed by atoms with van der Waals surface area (Å²) in [4.78, 5) is 0. The summed E-state index contributed by atoms with van der Waals surface area (Å²) < 4.78 is 6.12. The van der Waals surface area contributed by atoms with E-state index in [0.29, 0.717) is 0 Å². The molecule has 0 aliphatic carbocycles. The highest BCUT2D eigenvalue weighted by atomic mass is 28.4. The van der Waals surface area contributed by atoms with Crippen LogP contribution < -0.4 is 0 Å². The zero-order chi connectivity index (χ0) is 14.0. The summed E-state index contributed by atoms with van der Waals surface area (Å²) >= 11 is 0. The molecule has 0 aromatic heterocycles. The van der Waals surface area contributed by atoms with Crippen LogP contribution in [-0.2, 0) is 9.84 Å². The van der Waals surface area contributed by atoms with Crippen LogP contribution in [0.3, 0.4) is 0 Å². The van der Waals surface area contributed by atoms with E-state index in [-0.39, 0.29) is 11.5 Å². The third-order valence-corrected chi connectivity index (χ3v) is 3.76. The van der Waals surface area contributed by atoms with Crippen molar-refractivity contribution in [2.24, 2.45) is 0 Å². The second-order valence-corrected chi connectivity index (χ2v) is 11.2. The van der Waals surface area contributed by atoms with Crippen LogP contribution in [0.4, 0.5) is 0 Å². The van der Waals surface area contributed by atoms with Crippen LogP contribution in [0.1, 0.15) is 38.0 Å². The molecule has 0 heterocycles. The Balaban J connectivity index is 2.92. The van der Waals surface area contributed by atoms with Crippen molar-refractivity contribution >= 4 is 8.32 Å². The van der Waals surface area contributed by atoms with Gasteiger partial charge in [0.2, 0.25) is 0 Å². The van der Waals surface area contributed by atoms with Crippen molar-refractivity contribution in [3.8, 4) is 0 Å². The Morgan fingerprint density at radius 3 is 1.94 bits per heavy atom. The molecule has 1 aromatic carbocycles. The van der Waals surface area contributed by atoms with Crippen molar-refractivity contribution in [1.82, 2.24) is 0 Å². The fraction of sp³-hybridized carbons (Fsp3) is 0.500. The summed E-state index contributed by atoms with van der Waals surface area (Å²) in [6, 6.07) is 8.71. The summed E-state index contributed by atoms with van der Waals surface area (Å²) in [7, 11) is -1.55. The third-order valence-electron chi connectivity index (χ3n) is 2.80. The van der Waals surface area contributed by atoms with Gasteiger partial charge in [0.05, 0.1) is 6.10 Å². The average molecular weight is 262 g/mol. The van der Waals surface area contributed by atoms with Crippen LogP contribution in [0.2, 0.25) is 19.6 Å². The quantitative estimate of drug-likeness (QED) is 0.544. The lowest BCUT2D eigenvalue weighted by molar-refractivity contribution is 0.248. The maximum Gasteiger partial charge on any atom is 0.185 e. The molecular weight excluding hydrogens is 236 g/mol. The van der Waals surface area contributed by atoms with Crippen LogP contribution in [0.25, 0.3) is 0 Å². The number of benzene rings is 1. The molecular formula is C16H26OSi. The predicted octanol–water partition coefficient (Wildman–Crippen LogP) is 5.06. The minimum Gasteiger partial charge on any atom is -0.407 e. The number of hydrogen-bond acceptors (Lipinski definition) is 1. The molecule has 0 aliphatic heterocycles. The molecule has 0 saturated heterocycles. The molecule has 0 N–H and O–H groups in total. The Morgan fingerprint density at radius 2 is 1.61 bits per heavy atom. The first-order valence-corrected chi connectivity index (χ1v) is 9.95. The summed E-state index contributed by atoms with van der Waals surface area (Å²) in [5.41, 5.74) is 2.74. The highest BCUT2D eigenvalue weighted by molar-refractivity contribution is 6.69. The molecule has 18 heavy (non-hydrogen) atoms. The number of rotatable bonds is 4. The van der Waals surface area contributed by atoms with Gasteiger partial charge in [-0.05, 0) is 36.2 Å². The lowest BCUT2D eigenvalue weighted by atomic mass is 9.86. The molecule has 0 fully saturated rings. The van der Waals surface area contributed by atoms with Gasteiger partial charge in [-0.3, -0.25) is 0 Å². The van der Waals surface area contributed by atoms with Crippen molar-refractivity contribution in [3.63, 3.8) is 0 Å². The molecule has 0 bridgehead atoms. The first kappa shape index (κ1) is 15.2. The van der Waals surface area contributed by atoms with Gasteiger partial charge in [0.1, 0.15) is 0 Å². The van der Waals surface area contributed by atoms with Gasteiger partial charge >= 0.3 is 0 Å². The maximum atomic E-state index is 6.12. The molecule has 1 atom stereocenters. The van der Waals surface area contributed by atoms with E-state index in [0.717, 1.165) is 0 Å². The second-order valence-electron chi connectivity index (χ2n) is 6.76. The minimum absolute atomic E-state index is 0.0192. The van der Waals surface area contributed by atoms with Gasteiger partial charge < -0.3 is 4.43 Å². The van der Waals surface area contributed by atoms with Gasteiger partial charge in [-0.25, -0.2) is 0 Å². The molecule has 0 amide bonds. The van der Waals surface area contributed by atoms with Gasteiger partial charge in [0, 0.05) is 0 Å². The van der Waals surface area contributed by atoms with Gasteiger partial charge in [0.25, 0.3) is 0 Å². The molecule has 0 spiro atoms. The molecule has 1 unspecified atom stereocenters. The molecule has 0 aliphatic rings. The molecule has 2 heteroatoms. The van der Waals surface area contributed by atoms with E-state index in [1.807, 2.05) is 6.08 Å².